The number of hydrogen-bond donors (Lipinski definition) is 1. The molecule has 3 nitrogen and oxygen atoms in total. The van der Waals surface area contributed by atoms with Gasteiger partial charge in [0.25, 0.3) is 0 Å². The van der Waals surface area contributed by atoms with Crippen molar-refractivity contribution >= 4 is 27.5 Å². The van der Waals surface area contributed by atoms with Crippen LogP contribution in [0.1, 0.15) is 19.8 Å². The van der Waals surface area contributed by atoms with E-state index in [1.807, 2.05) is 25.1 Å². The van der Waals surface area contributed by atoms with Gasteiger partial charge in [0.2, 0.25) is 5.91 Å². The van der Waals surface area contributed by atoms with Crippen LogP contribution in [-0.4, -0.2) is 23.2 Å². The topological polar surface area (TPSA) is 42.0 Å². The Kier molecular flexibility index (Phi) is 7.09. The second kappa shape index (κ2) is 8.47. The van der Waals surface area contributed by atoms with Gasteiger partial charge in [-0.1, -0.05) is 23.8 Å². The van der Waals surface area contributed by atoms with Crippen molar-refractivity contribution < 1.29 is 4.79 Å². The monoisotopic (exact) mass is 256 g/mol. The predicted molar refractivity (Wildman–Crippen MR) is 70.5 cm³/mol. The van der Waals surface area contributed by atoms with Gasteiger partial charge in [0.1, 0.15) is 5.03 Å². The third-order valence-electron chi connectivity index (χ3n) is 1.77. The van der Waals surface area contributed by atoms with Gasteiger partial charge in [-0.25, -0.2) is 4.98 Å². The lowest BCUT2D eigenvalue weighted by Crippen LogP contribution is -2.23. The summed E-state index contributed by atoms with van der Waals surface area (Å²) in [5.74, 6) is 0.951. The normalized spacial score (nSPS) is 10.1. The molecular weight excluding hydrogens is 240 g/mol. The maximum Gasteiger partial charge on any atom is 0.220 e. The summed E-state index contributed by atoms with van der Waals surface area (Å²) in [6.45, 7) is 2.82. The second-order valence-corrected chi connectivity index (χ2v) is 5.61. The third-order valence-corrected chi connectivity index (χ3v) is 4.03. The highest BCUT2D eigenvalue weighted by atomic mass is 33.1. The Morgan fingerprint density at radius 3 is 3.06 bits per heavy atom. The van der Waals surface area contributed by atoms with Crippen molar-refractivity contribution in [3.05, 3.63) is 24.4 Å². The fourth-order valence-electron chi connectivity index (χ4n) is 0.986. The first-order valence-electron chi connectivity index (χ1n) is 5.30. The number of aromatic nitrogens is 1. The molecule has 1 amide bonds. The molecule has 0 atom stereocenters. The zero-order valence-corrected chi connectivity index (χ0v) is 10.9. The van der Waals surface area contributed by atoms with Crippen LogP contribution in [0.4, 0.5) is 0 Å². The number of pyridine rings is 1. The van der Waals surface area contributed by atoms with Gasteiger partial charge in [-0.05, 0) is 29.3 Å². The van der Waals surface area contributed by atoms with Gasteiger partial charge in [0, 0.05) is 24.9 Å². The number of carbonyl (C=O) groups excluding carboxylic acids is 1. The molecule has 0 fully saturated rings. The maximum atomic E-state index is 11.3. The first kappa shape index (κ1) is 13.4. The van der Waals surface area contributed by atoms with Crippen molar-refractivity contribution in [1.29, 1.82) is 0 Å². The summed E-state index contributed by atoms with van der Waals surface area (Å²) in [6, 6.07) is 5.82. The third kappa shape index (κ3) is 6.02. The van der Waals surface area contributed by atoms with Crippen LogP contribution in [-0.2, 0) is 4.79 Å². The second-order valence-electron chi connectivity index (χ2n) is 3.17. The Labute approximate surface area is 104 Å². The molecule has 0 saturated heterocycles. The van der Waals surface area contributed by atoms with Gasteiger partial charge in [-0.3, -0.25) is 4.79 Å². The van der Waals surface area contributed by atoms with E-state index in [9.17, 15) is 4.79 Å². The van der Waals surface area contributed by atoms with Crippen LogP contribution in [0.3, 0.4) is 0 Å². The molecule has 0 radical (unpaired) electrons. The molecule has 1 aromatic heterocycles. The van der Waals surface area contributed by atoms with E-state index in [0.717, 1.165) is 23.7 Å². The molecule has 1 heterocycles. The van der Waals surface area contributed by atoms with Crippen molar-refractivity contribution in [2.75, 3.05) is 12.3 Å². The molecule has 0 bridgehead atoms. The van der Waals surface area contributed by atoms with Gasteiger partial charge in [0.15, 0.2) is 0 Å². The van der Waals surface area contributed by atoms with E-state index in [2.05, 4.69) is 10.3 Å². The van der Waals surface area contributed by atoms with Crippen molar-refractivity contribution in [3.8, 4) is 0 Å². The molecule has 0 aliphatic carbocycles. The fourth-order valence-corrected chi connectivity index (χ4v) is 2.85. The van der Waals surface area contributed by atoms with Crippen LogP contribution in [0.5, 0.6) is 0 Å². The lowest BCUT2D eigenvalue weighted by molar-refractivity contribution is -0.120. The molecule has 1 aromatic rings. The first-order valence-corrected chi connectivity index (χ1v) is 7.62. The summed E-state index contributed by atoms with van der Waals surface area (Å²) in [4.78, 5) is 15.5. The maximum absolute atomic E-state index is 11.3. The average molecular weight is 256 g/mol. The Bertz CT molecular complexity index is 306. The van der Waals surface area contributed by atoms with Crippen molar-refractivity contribution in [2.24, 2.45) is 0 Å². The number of carbonyl (C=O) groups is 1. The van der Waals surface area contributed by atoms with E-state index in [1.54, 1.807) is 27.8 Å². The highest BCUT2D eigenvalue weighted by Gasteiger charge is 2.00. The van der Waals surface area contributed by atoms with E-state index < -0.39 is 0 Å². The van der Waals surface area contributed by atoms with Crippen LogP contribution in [0.25, 0.3) is 0 Å². The van der Waals surface area contributed by atoms with Gasteiger partial charge in [-0.15, -0.1) is 0 Å². The number of nitrogens with zero attached hydrogens (tertiary/aromatic N) is 1. The molecule has 0 aliphatic rings. The Morgan fingerprint density at radius 1 is 1.50 bits per heavy atom. The van der Waals surface area contributed by atoms with Crippen LogP contribution in [0.15, 0.2) is 29.4 Å². The fraction of sp³-hybridized carbons (Fsp3) is 0.455. The minimum absolute atomic E-state index is 0.135. The lowest BCUT2D eigenvalue weighted by atomic mass is 10.4. The molecular formula is C11H16N2OS2. The summed E-state index contributed by atoms with van der Waals surface area (Å²) >= 11 is 0. The highest BCUT2D eigenvalue weighted by molar-refractivity contribution is 8.76. The van der Waals surface area contributed by atoms with Crippen LogP contribution in [0, 0.1) is 0 Å². The van der Waals surface area contributed by atoms with Gasteiger partial charge >= 0.3 is 0 Å². The molecule has 0 unspecified atom stereocenters. The molecule has 1 rings (SSSR count). The Morgan fingerprint density at radius 2 is 2.38 bits per heavy atom. The molecule has 0 aliphatic heterocycles. The molecule has 16 heavy (non-hydrogen) atoms. The summed E-state index contributed by atoms with van der Waals surface area (Å²) < 4.78 is 0. The van der Waals surface area contributed by atoms with Crippen molar-refractivity contribution in [3.63, 3.8) is 0 Å². The van der Waals surface area contributed by atoms with Crippen molar-refractivity contribution in [1.82, 2.24) is 10.3 Å². The Balaban J connectivity index is 2.06. The summed E-state index contributed by atoms with van der Waals surface area (Å²) in [7, 11) is 3.27. The number of amides is 1. The van der Waals surface area contributed by atoms with E-state index >= 15 is 0 Å². The van der Waals surface area contributed by atoms with Crippen LogP contribution >= 0.6 is 21.6 Å². The summed E-state index contributed by atoms with van der Waals surface area (Å²) in [5, 5.41) is 3.84. The van der Waals surface area contributed by atoms with Crippen LogP contribution < -0.4 is 5.32 Å². The standard InChI is InChI=1S/C11H16N2OS2/c1-2-7-12-10(14)6-9-15-16-11-5-3-4-8-13-11/h3-5,8H,2,6-7,9H2,1H3,(H,12,14). The predicted octanol–water partition coefficient (Wildman–Crippen LogP) is 2.74. The minimum Gasteiger partial charge on any atom is -0.356 e. The van der Waals surface area contributed by atoms with Crippen LogP contribution in [0.2, 0.25) is 0 Å². The summed E-state index contributed by atoms with van der Waals surface area (Å²) in [5.41, 5.74) is 0. The first-order chi connectivity index (χ1) is 7.83. The SMILES string of the molecule is CCCNC(=O)CCSSc1ccccn1. The quantitative estimate of drug-likeness (QED) is 0.601. The molecule has 5 heteroatoms. The van der Waals surface area contributed by atoms with E-state index in [-0.39, 0.29) is 5.91 Å². The van der Waals surface area contributed by atoms with E-state index in [4.69, 9.17) is 0 Å². The number of nitrogens with one attached hydrogen (secondary N) is 1. The zero-order chi connectivity index (χ0) is 11.6. The smallest absolute Gasteiger partial charge is 0.220 e. The average Bonchev–Trinajstić information content (AvgIpc) is 2.33. The molecule has 0 saturated carbocycles. The molecule has 88 valence electrons. The van der Waals surface area contributed by atoms with Gasteiger partial charge < -0.3 is 5.32 Å². The number of hydrogen-bond acceptors (Lipinski definition) is 4. The molecule has 0 aromatic carbocycles. The van der Waals surface area contributed by atoms with Gasteiger partial charge in [-0.2, -0.15) is 0 Å². The number of rotatable bonds is 7. The van der Waals surface area contributed by atoms with E-state index in [1.165, 1.54) is 0 Å². The minimum atomic E-state index is 0.135. The molecule has 0 spiro atoms. The van der Waals surface area contributed by atoms with Crippen molar-refractivity contribution in [2.45, 2.75) is 24.8 Å². The van der Waals surface area contributed by atoms with E-state index in [0.29, 0.717) is 6.42 Å². The lowest BCUT2D eigenvalue weighted by Gasteiger charge is -2.02. The zero-order valence-electron chi connectivity index (χ0n) is 9.31. The highest BCUT2D eigenvalue weighted by Crippen LogP contribution is 2.29. The summed E-state index contributed by atoms with van der Waals surface area (Å²) in [6.07, 6.45) is 3.34. The largest absolute Gasteiger partial charge is 0.356 e. The van der Waals surface area contributed by atoms with Gasteiger partial charge in [0.05, 0.1) is 0 Å². The molecule has 1 N–H and O–H groups in total. The Hall–Kier alpha value is -0.680.